The lowest BCUT2D eigenvalue weighted by Crippen LogP contribution is -2.11. The van der Waals surface area contributed by atoms with E-state index in [4.69, 9.17) is 21.9 Å². The van der Waals surface area contributed by atoms with Crippen LogP contribution in [0.3, 0.4) is 0 Å². The maximum absolute atomic E-state index is 5.97. The standard InChI is InChI=1S/C12H14ClN3OS/c1-18-6-5-10(14)12-15-11(16-17-12)8-3-2-4-9(13)7-8/h2-4,7,10H,5-6,14H2,1H3. The van der Waals surface area contributed by atoms with Crippen LogP contribution in [0.5, 0.6) is 0 Å². The number of halogens is 1. The van der Waals surface area contributed by atoms with Crippen molar-refractivity contribution in [1.82, 2.24) is 10.1 Å². The summed E-state index contributed by atoms with van der Waals surface area (Å²) in [6.07, 6.45) is 2.86. The van der Waals surface area contributed by atoms with Crippen molar-refractivity contribution >= 4 is 23.4 Å². The molecule has 0 fully saturated rings. The van der Waals surface area contributed by atoms with E-state index >= 15 is 0 Å². The van der Waals surface area contributed by atoms with E-state index in [2.05, 4.69) is 10.1 Å². The normalized spacial score (nSPS) is 12.6. The monoisotopic (exact) mass is 283 g/mol. The van der Waals surface area contributed by atoms with Gasteiger partial charge in [-0.1, -0.05) is 28.9 Å². The van der Waals surface area contributed by atoms with Gasteiger partial charge in [0.1, 0.15) is 0 Å². The molecule has 1 aromatic carbocycles. The molecule has 4 nitrogen and oxygen atoms in total. The van der Waals surface area contributed by atoms with Gasteiger partial charge in [-0.05, 0) is 30.6 Å². The van der Waals surface area contributed by atoms with Crippen molar-refractivity contribution in [3.05, 3.63) is 35.2 Å². The molecule has 0 spiro atoms. The van der Waals surface area contributed by atoms with Gasteiger partial charge in [0.05, 0.1) is 6.04 Å². The highest BCUT2D eigenvalue weighted by Crippen LogP contribution is 2.22. The van der Waals surface area contributed by atoms with Gasteiger partial charge in [-0.25, -0.2) is 0 Å². The molecule has 0 aliphatic heterocycles. The lowest BCUT2D eigenvalue weighted by molar-refractivity contribution is 0.353. The van der Waals surface area contributed by atoms with Gasteiger partial charge in [-0.3, -0.25) is 0 Å². The maximum atomic E-state index is 5.97. The molecule has 1 aromatic heterocycles. The minimum atomic E-state index is -0.210. The second kappa shape index (κ2) is 6.22. The van der Waals surface area contributed by atoms with Gasteiger partial charge in [0.2, 0.25) is 11.7 Å². The Morgan fingerprint density at radius 2 is 2.33 bits per heavy atom. The Morgan fingerprint density at radius 3 is 3.06 bits per heavy atom. The molecular formula is C12H14ClN3OS. The quantitative estimate of drug-likeness (QED) is 0.913. The van der Waals surface area contributed by atoms with E-state index in [1.807, 2.05) is 18.4 Å². The lowest BCUT2D eigenvalue weighted by Gasteiger charge is -2.03. The van der Waals surface area contributed by atoms with Gasteiger partial charge in [0, 0.05) is 10.6 Å². The van der Waals surface area contributed by atoms with Crippen LogP contribution in [0.1, 0.15) is 18.4 Å². The molecule has 0 aliphatic rings. The predicted octanol–water partition coefficient (Wildman–Crippen LogP) is 3.14. The molecule has 0 saturated heterocycles. The molecule has 1 heterocycles. The zero-order valence-corrected chi connectivity index (χ0v) is 11.5. The second-order valence-electron chi connectivity index (χ2n) is 3.85. The Bertz CT molecular complexity index is 518. The summed E-state index contributed by atoms with van der Waals surface area (Å²) in [5.41, 5.74) is 6.80. The molecule has 0 amide bonds. The van der Waals surface area contributed by atoms with E-state index in [-0.39, 0.29) is 6.04 Å². The van der Waals surface area contributed by atoms with E-state index in [0.717, 1.165) is 17.7 Å². The van der Waals surface area contributed by atoms with Crippen molar-refractivity contribution in [1.29, 1.82) is 0 Å². The van der Waals surface area contributed by atoms with Crippen molar-refractivity contribution in [3.63, 3.8) is 0 Å². The van der Waals surface area contributed by atoms with Crippen LogP contribution in [0.2, 0.25) is 5.02 Å². The van der Waals surface area contributed by atoms with E-state index in [0.29, 0.717) is 16.7 Å². The van der Waals surface area contributed by atoms with Gasteiger partial charge in [-0.15, -0.1) is 0 Å². The van der Waals surface area contributed by atoms with Crippen LogP contribution in [-0.4, -0.2) is 22.1 Å². The summed E-state index contributed by atoms with van der Waals surface area (Å²) in [4.78, 5) is 4.30. The summed E-state index contributed by atoms with van der Waals surface area (Å²) in [7, 11) is 0. The zero-order chi connectivity index (χ0) is 13.0. The zero-order valence-electron chi connectivity index (χ0n) is 9.97. The van der Waals surface area contributed by atoms with Crippen LogP contribution in [-0.2, 0) is 0 Å². The number of hydrogen-bond acceptors (Lipinski definition) is 5. The summed E-state index contributed by atoms with van der Waals surface area (Å²) < 4.78 is 5.18. The van der Waals surface area contributed by atoms with Crippen molar-refractivity contribution in [3.8, 4) is 11.4 Å². The Labute approximate surface area is 115 Å². The molecule has 6 heteroatoms. The number of benzene rings is 1. The van der Waals surface area contributed by atoms with E-state index in [1.165, 1.54) is 0 Å². The van der Waals surface area contributed by atoms with E-state index in [1.54, 1.807) is 23.9 Å². The number of thioether (sulfide) groups is 1. The SMILES string of the molecule is CSCCC(N)c1nc(-c2cccc(Cl)c2)no1. The van der Waals surface area contributed by atoms with Crippen LogP contribution in [0.25, 0.3) is 11.4 Å². The molecule has 0 saturated carbocycles. The summed E-state index contributed by atoms with van der Waals surface area (Å²) >= 11 is 7.66. The Kier molecular flexibility index (Phi) is 4.63. The maximum Gasteiger partial charge on any atom is 0.243 e. The first kappa shape index (κ1) is 13.4. The first-order chi connectivity index (χ1) is 8.70. The van der Waals surface area contributed by atoms with Crippen LogP contribution in [0.15, 0.2) is 28.8 Å². The summed E-state index contributed by atoms with van der Waals surface area (Å²) in [5, 5.41) is 4.57. The molecule has 18 heavy (non-hydrogen) atoms. The topological polar surface area (TPSA) is 64.9 Å². The molecule has 1 atom stereocenters. The average molecular weight is 284 g/mol. The van der Waals surface area contributed by atoms with Crippen LogP contribution >= 0.6 is 23.4 Å². The van der Waals surface area contributed by atoms with Gasteiger partial charge in [0.15, 0.2) is 0 Å². The molecule has 0 radical (unpaired) electrons. The van der Waals surface area contributed by atoms with Crippen LogP contribution in [0, 0.1) is 0 Å². The fraction of sp³-hybridized carbons (Fsp3) is 0.333. The number of aromatic nitrogens is 2. The molecule has 0 aliphatic carbocycles. The Morgan fingerprint density at radius 1 is 1.50 bits per heavy atom. The highest BCUT2D eigenvalue weighted by molar-refractivity contribution is 7.98. The van der Waals surface area contributed by atoms with Gasteiger partial charge < -0.3 is 10.3 Å². The summed E-state index contributed by atoms with van der Waals surface area (Å²) in [6, 6.07) is 7.12. The number of rotatable bonds is 5. The van der Waals surface area contributed by atoms with Gasteiger partial charge in [-0.2, -0.15) is 16.7 Å². The third-order valence-electron chi connectivity index (χ3n) is 2.47. The predicted molar refractivity (Wildman–Crippen MR) is 74.7 cm³/mol. The van der Waals surface area contributed by atoms with Gasteiger partial charge >= 0.3 is 0 Å². The molecular weight excluding hydrogens is 270 g/mol. The molecule has 2 N–H and O–H groups in total. The Balaban J connectivity index is 2.15. The fourth-order valence-electron chi connectivity index (χ4n) is 1.50. The molecule has 2 rings (SSSR count). The summed E-state index contributed by atoms with van der Waals surface area (Å²) in [6.45, 7) is 0. The minimum Gasteiger partial charge on any atom is -0.337 e. The van der Waals surface area contributed by atoms with Crippen molar-refractivity contribution in [2.75, 3.05) is 12.0 Å². The highest BCUT2D eigenvalue weighted by Gasteiger charge is 2.15. The highest BCUT2D eigenvalue weighted by atomic mass is 35.5. The third kappa shape index (κ3) is 3.25. The molecule has 0 bridgehead atoms. The minimum absolute atomic E-state index is 0.210. The Hall–Kier alpha value is -1.04. The van der Waals surface area contributed by atoms with Gasteiger partial charge in [0.25, 0.3) is 0 Å². The smallest absolute Gasteiger partial charge is 0.243 e. The molecule has 96 valence electrons. The largest absolute Gasteiger partial charge is 0.337 e. The number of nitrogens with zero attached hydrogens (tertiary/aromatic N) is 2. The third-order valence-corrected chi connectivity index (χ3v) is 3.35. The number of nitrogens with two attached hydrogens (primary N) is 1. The average Bonchev–Trinajstić information content (AvgIpc) is 2.85. The van der Waals surface area contributed by atoms with Crippen molar-refractivity contribution < 1.29 is 4.52 Å². The van der Waals surface area contributed by atoms with E-state index < -0.39 is 0 Å². The molecule has 2 aromatic rings. The second-order valence-corrected chi connectivity index (χ2v) is 5.28. The number of hydrogen-bond donors (Lipinski definition) is 1. The van der Waals surface area contributed by atoms with Crippen molar-refractivity contribution in [2.24, 2.45) is 5.73 Å². The first-order valence-electron chi connectivity index (χ1n) is 5.55. The fourth-order valence-corrected chi connectivity index (χ4v) is 2.18. The van der Waals surface area contributed by atoms with Crippen LogP contribution in [0.4, 0.5) is 0 Å². The van der Waals surface area contributed by atoms with E-state index in [9.17, 15) is 0 Å². The lowest BCUT2D eigenvalue weighted by atomic mass is 10.2. The van der Waals surface area contributed by atoms with Crippen LogP contribution < -0.4 is 5.73 Å². The first-order valence-corrected chi connectivity index (χ1v) is 7.32. The summed E-state index contributed by atoms with van der Waals surface area (Å²) in [5.74, 6) is 1.96. The molecule has 1 unspecified atom stereocenters. The van der Waals surface area contributed by atoms with Crippen molar-refractivity contribution in [2.45, 2.75) is 12.5 Å².